The van der Waals surface area contributed by atoms with Gasteiger partial charge in [-0.1, -0.05) is 18.2 Å². The van der Waals surface area contributed by atoms with Gasteiger partial charge in [-0.2, -0.15) is 0 Å². The molecule has 0 radical (unpaired) electrons. The average molecular weight is 237 g/mol. The Balaban J connectivity index is 1.79. The van der Waals surface area contributed by atoms with Crippen LogP contribution in [0.2, 0.25) is 0 Å². The minimum Gasteiger partial charge on any atom is -0.294 e. The average Bonchev–Trinajstić information content (AvgIpc) is 2.87. The van der Waals surface area contributed by atoms with E-state index >= 15 is 0 Å². The van der Waals surface area contributed by atoms with Crippen LogP contribution in [0.3, 0.4) is 0 Å². The van der Waals surface area contributed by atoms with Gasteiger partial charge in [-0.25, -0.2) is 0 Å². The van der Waals surface area contributed by atoms with E-state index in [9.17, 15) is 4.79 Å². The first-order valence-corrected chi connectivity index (χ1v) is 6.37. The Morgan fingerprint density at radius 1 is 1.17 bits per heavy atom. The van der Waals surface area contributed by atoms with E-state index in [4.69, 9.17) is 0 Å². The molecule has 1 aromatic heterocycles. The number of nitrogens with zero attached hydrogens (tertiary/aromatic N) is 1. The molecule has 2 aromatic rings. The van der Waals surface area contributed by atoms with Crippen molar-refractivity contribution >= 4 is 5.78 Å². The Morgan fingerprint density at radius 2 is 2.06 bits per heavy atom. The standard InChI is InChI=1S/C16H15NO/c18-16(15-5-2-8-17-11-15)10-12-6-7-13-3-1-4-14(13)9-12/h2,5-9,11H,1,3-4,10H2. The van der Waals surface area contributed by atoms with E-state index in [1.807, 2.05) is 6.07 Å². The summed E-state index contributed by atoms with van der Waals surface area (Å²) in [6.45, 7) is 0. The lowest BCUT2D eigenvalue weighted by Crippen LogP contribution is -2.04. The number of carbonyl (C=O) groups excluding carboxylic acids is 1. The van der Waals surface area contributed by atoms with Crippen LogP contribution >= 0.6 is 0 Å². The number of ketones is 1. The van der Waals surface area contributed by atoms with Crippen LogP contribution in [0.5, 0.6) is 0 Å². The molecule has 3 rings (SSSR count). The molecule has 2 heteroatoms. The van der Waals surface area contributed by atoms with Gasteiger partial charge in [0.15, 0.2) is 5.78 Å². The van der Waals surface area contributed by atoms with Gasteiger partial charge in [0.25, 0.3) is 0 Å². The third-order valence-electron chi connectivity index (χ3n) is 3.51. The fourth-order valence-corrected chi connectivity index (χ4v) is 2.55. The SMILES string of the molecule is O=C(Cc1ccc2c(c1)CCC2)c1cccnc1. The van der Waals surface area contributed by atoms with Gasteiger partial charge >= 0.3 is 0 Å². The molecule has 0 spiro atoms. The molecule has 0 unspecified atom stereocenters. The highest BCUT2D eigenvalue weighted by molar-refractivity contribution is 5.97. The van der Waals surface area contributed by atoms with Crippen LogP contribution in [-0.4, -0.2) is 10.8 Å². The molecule has 0 aliphatic heterocycles. The molecule has 18 heavy (non-hydrogen) atoms. The second-order valence-electron chi connectivity index (χ2n) is 4.80. The lowest BCUT2D eigenvalue weighted by atomic mass is 10.0. The molecule has 1 aliphatic carbocycles. The molecule has 1 aromatic carbocycles. The maximum atomic E-state index is 12.1. The number of aromatic nitrogens is 1. The number of Topliss-reactive ketones (excluding diaryl/α,β-unsaturated/α-hetero) is 1. The summed E-state index contributed by atoms with van der Waals surface area (Å²) in [5.41, 5.74) is 4.68. The molecule has 1 heterocycles. The van der Waals surface area contributed by atoms with E-state index < -0.39 is 0 Å². The molecule has 0 saturated carbocycles. The second kappa shape index (κ2) is 4.73. The molecule has 2 nitrogen and oxygen atoms in total. The minimum absolute atomic E-state index is 0.140. The quantitative estimate of drug-likeness (QED) is 0.768. The molecule has 0 atom stereocenters. The van der Waals surface area contributed by atoms with Crippen molar-refractivity contribution in [2.45, 2.75) is 25.7 Å². The summed E-state index contributed by atoms with van der Waals surface area (Å²) in [4.78, 5) is 16.1. The predicted octanol–water partition coefficient (Wildman–Crippen LogP) is 3.00. The van der Waals surface area contributed by atoms with E-state index in [1.165, 1.54) is 24.0 Å². The summed E-state index contributed by atoms with van der Waals surface area (Å²) in [6.07, 6.45) is 7.38. The zero-order valence-electron chi connectivity index (χ0n) is 10.2. The van der Waals surface area contributed by atoms with Gasteiger partial charge in [0.2, 0.25) is 0 Å². The number of hydrogen-bond donors (Lipinski definition) is 0. The van der Waals surface area contributed by atoms with E-state index in [0.717, 1.165) is 12.0 Å². The van der Waals surface area contributed by atoms with Crippen LogP contribution in [-0.2, 0) is 19.3 Å². The number of aryl methyl sites for hydroxylation is 2. The highest BCUT2D eigenvalue weighted by atomic mass is 16.1. The molecule has 1 aliphatic rings. The van der Waals surface area contributed by atoms with Crippen LogP contribution in [0.15, 0.2) is 42.7 Å². The number of fused-ring (bicyclic) bond motifs is 1. The van der Waals surface area contributed by atoms with Crippen LogP contribution in [0, 0.1) is 0 Å². The fourth-order valence-electron chi connectivity index (χ4n) is 2.55. The van der Waals surface area contributed by atoms with Crippen molar-refractivity contribution in [3.05, 3.63) is 65.0 Å². The summed E-state index contributed by atoms with van der Waals surface area (Å²) < 4.78 is 0. The Hall–Kier alpha value is -1.96. The fraction of sp³-hybridized carbons (Fsp3) is 0.250. The number of rotatable bonds is 3. The summed E-state index contributed by atoms with van der Waals surface area (Å²) in [7, 11) is 0. The normalized spacial score (nSPS) is 13.3. The van der Waals surface area contributed by atoms with Crippen molar-refractivity contribution in [3.63, 3.8) is 0 Å². The van der Waals surface area contributed by atoms with Crippen LogP contribution < -0.4 is 0 Å². The Labute approximate surface area is 107 Å². The topological polar surface area (TPSA) is 30.0 Å². The summed E-state index contributed by atoms with van der Waals surface area (Å²) in [5, 5.41) is 0. The van der Waals surface area contributed by atoms with E-state index in [1.54, 1.807) is 18.5 Å². The third kappa shape index (κ3) is 2.19. The summed E-state index contributed by atoms with van der Waals surface area (Å²) in [6, 6.07) is 10.1. The number of benzene rings is 1. The molecule has 0 fully saturated rings. The molecular weight excluding hydrogens is 222 g/mol. The van der Waals surface area contributed by atoms with Gasteiger partial charge in [-0.3, -0.25) is 9.78 Å². The lowest BCUT2D eigenvalue weighted by molar-refractivity contribution is 0.0992. The van der Waals surface area contributed by atoms with Gasteiger partial charge in [0, 0.05) is 24.4 Å². The second-order valence-corrected chi connectivity index (χ2v) is 4.80. The van der Waals surface area contributed by atoms with Gasteiger partial charge in [-0.15, -0.1) is 0 Å². The maximum Gasteiger partial charge on any atom is 0.168 e. The van der Waals surface area contributed by atoms with E-state index in [2.05, 4.69) is 23.2 Å². The highest BCUT2D eigenvalue weighted by Crippen LogP contribution is 2.23. The third-order valence-corrected chi connectivity index (χ3v) is 3.51. The number of hydrogen-bond acceptors (Lipinski definition) is 2. The predicted molar refractivity (Wildman–Crippen MR) is 70.7 cm³/mol. The number of pyridine rings is 1. The molecule has 0 bridgehead atoms. The molecule has 90 valence electrons. The van der Waals surface area contributed by atoms with Crippen molar-refractivity contribution in [1.29, 1.82) is 0 Å². The summed E-state index contributed by atoms with van der Waals surface area (Å²) >= 11 is 0. The highest BCUT2D eigenvalue weighted by Gasteiger charge is 2.12. The lowest BCUT2D eigenvalue weighted by Gasteiger charge is -2.04. The first kappa shape index (κ1) is 11.1. The monoisotopic (exact) mass is 237 g/mol. The van der Waals surface area contributed by atoms with Gasteiger partial charge < -0.3 is 0 Å². The summed E-state index contributed by atoms with van der Waals surface area (Å²) in [5.74, 6) is 0.140. The maximum absolute atomic E-state index is 12.1. The van der Waals surface area contributed by atoms with Gasteiger partial charge in [0.05, 0.1) is 0 Å². The van der Waals surface area contributed by atoms with Crippen molar-refractivity contribution in [1.82, 2.24) is 4.98 Å². The van der Waals surface area contributed by atoms with Crippen molar-refractivity contribution in [3.8, 4) is 0 Å². The van der Waals surface area contributed by atoms with Gasteiger partial charge in [0.1, 0.15) is 0 Å². The molecule has 0 N–H and O–H groups in total. The number of carbonyl (C=O) groups is 1. The Kier molecular flexibility index (Phi) is 2.93. The van der Waals surface area contributed by atoms with Crippen LogP contribution in [0.1, 0.15) is 33.5 Å². The zero-order valence-corrected chi connectivity index (χ0v) is 10.2. The van der Waals surface area contributed by atoms with Crippen molar-refractivity contribution < 1.29 is 4.79 Å². The molecule has 0 amide bonds. The molecule has 0 saturated heterocycles. The van der Waals surface area contributed by atoms with E-state index in [-0.39, 0.29) is 5.78 Å². The largest absolute Gasteiger partial charge is 0.294 e. The first-order valence-electron chi connectivity index (χ1n) is 6.37. The van der Waals surface area contributed by atoms with Gasteiger partial charge in [-0.05, 0) is 48.1 Å². The van der Waals surface area contributed by atoms with Crippen molar-refractivity contribution in [2.75, 3.05) is 0 Å². The Morgan fingerprint density at radius 3 is 2.89 bits per heavy atom. The van der Waals surface area contributed by atoms with Crippen LogP contribution in [0.25, 0.3) is 0 Å². The first-order chi connectivity index (χ1) is 8.83. The van der Waals surface area contributed by atoms with Crippen molar-refractivity contribution in [2.24, 2.45) is 0 Å². The van der Waals surface area contributed by atoms with Crippen LogP contribution in [0.4, 0.5) is 0 Å². The zero-order chi connectivity index (χ0) is 12.4. The molecular formula is C16H15NO. The minimum atomic E-state index is 0.140. The van der Waals surface area contributed by atoms with E-state index in [0.29, 0.717) is 12.0 Å². The smallest absolute Gasteiger partial charge is 0.168 e. The Bertz CT molecular complexity index is 575.